The summed E-state index contributed by atoms with van der Waals surface area (Å²) in [5, 5.41) is 2.97. The van der Waals surface area contributed by atoms with Gasteiger partial charge in [-0.1, -0.05) is 20.8 Å². The van der Waals surface area contributed by atoms with E-state index in [1.54, 1.807) is 0 Å². The van der Waals surface area contributed by atoms with E-state index >= 15 is 0 Å². The second-order valence-electron chi connectivity index (χ2n) is 7.14. The van der Waals surface area contributed by atoms with Crippen molar-refractivity contribution >= 4 is 11.7 Å². The fourth-order valence-electron chi connectivity index (χ4n) is 2.15. The van der Waals surface area contributed by atoms with Crippen LogP contribution in [0.1, 0.15) is 54.4 Å². The molecule has 1 amide bonds. The third kappa shape index (κ3) is 3.55. The van der Waals surface area contributed by atoms with Gasteiger partial charge in [0.1, 0.15) is 5.78 Å². The van der Waals surface area contributed by atoms with Gasteiger partial charge in [-0.3, -0.25) is 9.59 Å². The molecule has 1 fully saturated rings. The smallest absolute Gasteiger partial charge is 0.224 e. The zero-order valence-corrected chi connectivity index (χ0v) is 11.9. The first kappa shape index (κ1) is 14.2. The van der Waals surface area contributed by atoms with Crippen molar-refractivity contribution in [2.45, 2.75) is 59.9 Å². The first-order chi connectivity index (χ1) is 7.52. The lowest BCUT2D eigenvalue weighted by molar-refractivity contribution is -0.144. The fraction of sp³-hybridized carbons (Fsp3) is 0.857. The van der Waals surface area contributed by atoms with Gasteiger partial charge in [-0.25, -0.2) is 0 Å². The van der Waals surface area contributed by atoms with Crippen molar-refractivity contribution in [2.24, 2.45) is 17.3 Å². The lowest BCUT2D eigenvalue weighted by atomic mass is 9.65. The molecule has 17 heavy (non-hydrogen) atoms. The average molecular weight is 239 g/mol. The van der Waals surface area contributed by atoms with Gasteiger partial charge in [0.2, 0.25) is 5.91 Å². The van der Waals surface area contributed by atoms with Crippen LogP contribution in [0, 0.1) is 17.3 Å². The molecule has 0 aliphatic heterocycles. The highest BCUT2D eigenvalue weighted by Crippen LogP contribution is 2.39. The number of carbonyl (C=O) groups is 2. The number of nitrogens with one attached hydrogen (secondary N) is 1. The van der Waals surface area contributed by atoms with Crippen molar-refractivity contribution in [1.82, 2.24) is 5.32 Å². The zero-order chi connectivity index (χ0) is 13.4. The predicted octanol–water partition coefficient (Wildman–Crippen LogP) is 2.54. The van der Waals surface area contributed by atoms with Gasteiger partial charge in [0.25, 0.3) is 0 Å². The van der Waals surface area contributed by atoms with Crippen LogP contribution < -0.4 is 5.32 Å². The quantitative estimate of drug-likeness (QED) is 0.805. The topological polar surface area (TPSA) is 46.2 Å². The van der Waals surface area contributed by atoms with Crippen LogP contribution in [0.5, 0.6) is 0 Å². The second kappa shape index (κ2) is 4.43. The molecule has 0 aromatic rings. The Morgan fingerprint density at radius 3 is 1.71 bits per heavy atom. The standard InChI is InChI=1S/C14H25NO2/c1-13(2,3)11(16)9-7-8-10(9)12(17)15-14(4,5)6/h9-10H,7-8H2,1-6H3,(H,15,17). The predicted molar refractivity (Wildman–Crippen MR) is 68.6 cm³/mol. The van der Waals surface area contributed by atoms with Gasteiger partial charge in [-0.15, -0.1) is 0 Å². The van der Waals surface area contributed by atoms with Crippen LogP contribution >= 0.6 is 0 Å². The molecule has 0 aromatic carbocycles. The second-order valence-corrected chi connectivity index (χ2v) is 7.14. The molecule has 0 aromatic heterocycles. The Bertz CT molecular complexity index is 320. The summed E-state index contributed by atoms with van der Waals surface area (Å²) in [6, 6.07) is 0. The Kier molecular flexibility index (Phi) is 3.70. The summed E-state index contributed by atoms with van der Waals surface area (Å²) in [6.07, 6.45) is 1.70. The molecule has 1 aliphatic rings. The fourth-order valence-corrected chi connectivity index (χ4v) is 2.15. The molecule has 0 spiro atoms. The van der Waals surface area contributed by atoms with Gasteiger partial charge >= 0.3 is 0 Å². The third-order valence-corrected chi connectivity index (χ3v) is 3.19. The number of carbonyl (C=O) groups excluding carboxylic acids is 2. The lowest BCUT2D eigenvalue weighted by Crippen LogP contribution is -2.51. The molecule has 0 heterocycles. The Balaban J connectivity index is 2.64. The number of Topliss-reactive ketones (excluding diaryl/α,β-unsaturated/α-hetero) is 1. The highest BCUT2D eigenvalue weighted by Gasteiger charge is 2.44. The molecule has 1 N–H and O–H groups in total. The molecule has 2 unspecified atom stereocenters. The van der Waals surface area contributed by atoms with Crippen LogP contribution in [0.15, 0.2) is 0 Å². The SMILES string of the molecule is CC(C)(C)NC(=O)C1CCC1C(=O)C(C)(C)C. The van der Waals surface area contributed by atoms with E-state index in [4.69, 9.17) is 0 Å². The molecule has 3 nitrogen and oxygen atoms in total. The molecule has 0 radical (unpaired) electrons. The maximum atomic E-state index is 12.1. The van der Waals surface area contributed by atoms with Crippen molar-refractivity contribution in [3.05, 3.63) is 0 Å². The van der Waals surface area contributed by atoms with E-state index < -0.39 is 0 Å². The van der Waals surface area contributed by atoms with E-state index in [-0.39, 0.29) is 34.5 Å². The van der Waals surface area contributed by atoms with Crippen molar-refractivity contribution in [1.29, 1.82) is 0 Å². The van der Waals surface area contributed by atoms with E-state index in [1.165, 1.54) is 0 Å². The highest BCUT2D eigenvalue weighted by molar-refractivity contribution is 5.93. The number of hydrogen-bond donors (Lipinski definition) is 1. The van der Waals surface area contributed by atoms with Crippen LogP contribution in [0.2, 0.25) is 0 Å². The molecule has 1 aliphatic carbocycles. The maximum Gasteiger partial charge on any atom is 0.224 e. The van der Waals surface area contributed by atoms with Crippen LogP contribution in [0.4, 0.5) is 0 Å². The first-order valence-corrected chi connectivity index (χ1v) is 6.39. The largest absolute Gasteiger partial charge is 0.351 e. The monoisotopic (exact) mass is 239 g/mol. The van der Waals surface area contributed by atoms with E-state index in [0.29, 0.717) is 0 Å². The number of rotatable bonds is 2. The molecule has 98 valence electrons. The van der Waals surface area contributed by atoms with Crippen molar-refractivity contribution < 1.29 is 9.59 Å². The molecule has 1 saturated carbocycles. The Hall–Kier alpha value is -0.860. The van der Waals surface area contributed by atoms with Gasteiger partial charge < -0.3 is 5.32 Å². The first-order valence-electron chi connectivity index (χ1n) is 6.39. The van der Waals surface area contributed by atoms with Crippen LogP contribution in [0.25, 0.3) is 0 Å². The van der Waals surface area contributed by atoms with Crippen LogP contribution in [-0.2, 0) is 9.59 Å². The maximum absolute atomic E-state index is 12.1. The summed E-state index contributed by atoms with van der Waals surface area (Å²) >= 11 is 0. The molecular weight excluding hydrogens is 214 g/mol. The summed E-state index contributed by atoms with van der Waals surface area (Å²) in [6.45, 7) is 11.7. The minimum atomic E-state index is -0.342. The van der Waals surface area contributed by atoms with Crippen molar-refractivity contribution in [3.8, 4) is 0 Å². The lowest BCUT2D eigenvalue weighted by Gasteiger charge is -2.39. The summed E-state index contributed by atoms with van der Waals surface area (Å²) < 4.78 is 0. The average Bonchev–Trinajstić information content (AvgIpc) is 1.95. The van der Waals surface area contributed by atoms with E-state index in [2.05, 4.69) is 5.32 Å². The molecule has 3 heteroatoms. The van der Waals surface area contributed by atoms with Crippen molar-refractivity contribution in [3.63, 3.8) is 0 Å². The van der Waals surface area contributed by atoms with Crippen molar-refractivity contribution in [2.75, 3.05) is 0 Å². The normalized spacial score (nSPS) is 25.1. The summed E-state index contributed by atoms with van der Waals surface area (Å²) in [4.78, 5) is 24.2. The minimum absolute atomic E-state index is 0.0337. The molecule has 0 bridgehead atoms. The highest BCUT2D eigenvalue weighted by atomic mass is 16.2. The summed E-state index contributed by atoms with van der Waals surface area (Å²) in [5.74, 6) is 0.0717. The minimum Gasteiger partial charge on any atom is -0.351 e. The Morgan fingerprint density at radius 1 is 0.941 bits per heavy atom. The van der Waals surface area contributed by atoms with E-state index in [0.717, 1.165) is 12.8 Å². The summed E-state index contributed by atoms with van der Waals surface area (Å²) in [5.41, 5.74) is -0.562. The molecule has 1 rings (SSSR count). The zero-order valence-electron chi connectivity index (χ0n) is 11.9. The van der Waals surface area contributed by atoms with Crippen LogP contribution in [-0.4, -0.2) is 17.2 Å². The Labute approximate surface area is 104 Å². The van der Waals surface area contributed by atoms with E-state index in [1.807, 2.05) is 41.5 Å². The molecular formula is C14H25NO2. The van der Waals surface area contributed by atoms with Crippen LogP contribution in [0.3, 0.4) is 0 Å². The van der Waals surface area contributed by atoms with E-state index in [9.17, 15) is 9.59 Å². The number of hydrogen-bond acceptors (Lipinski definition) is 2. The van der Waals surface area contributed by atoms with Gasteiger partial charge in [0.15, 0.2) is 0 Å². The number of amides is 1. The number of ketones is 1. The van der Waals surface area contributed by atoms with Gasteiger partial charge in [-0.05, 0) is 33.6 Å². The molecule has 0 saturated heterocycles. The Morgan fingerprint density at radius 2 is 1.41 bits per heavy atom. The third-order valence-electron chi connectivity index (χ3n) is 3.19. The summed E-state index contributed by atoms with van der Waals surface area (Å²) in [7, 11) is 0. The van der Waals surface area contributed by atoms with Gasteiger partial charge in [0, 0.05) is 22.8 Å². The van der Waals surface area contributed by atoms with Gasteiger partial charge in [0.05, 0.1) is 0 Å². The molecule has 2 atom stereocenters. The van der Waals surface area contributed by atoms with Gasteiger partial charge in [-0.2, -0.15) is 0 Å².